The summed E-state index contributed by atoms with van der Waals surface area (Å²) in [7, 11) is 0. The van der Waals surface area contributed by atoms with Gasteiger partial charge in [-0.15, -0.1) is 0 Å². The molecular formula is C14H21BrN2O2. The second-order valence-corrected chi connectivity index (χ2v) is 5.93. The van der Waals surface area contributed by atoms with Gasteiger partial charge in [-0.05, 0) is 44.4 Å². The van der Waals surface area contributed by atoms with Crippen LogP contribution in [0.1, 0.15) is 42.6 Å². The number of aliphatic hydroxyl groups is 1. The monoisotopic (exact) mass is 328 g/mol. The van der Waals surface area contributed by atoms with E-state index >= 15 is 0 Å². The van der Waals surface area contributed by atoms with Gasteiger partial charge in [0.05, 0.1) is 0 Å². The molecule has 0 saturated heterocycles. The summed E-state index contributed by atoms with van der Waals surface area (Å²) in [6, 6.07) is 3.54. The maximum Gasteiger partial charge on any atom is 0.252 e. The maximum atomic E-state index is 12.4. The summed E-state index contributed by atoms with van der Waals surface area (Å²) in [5.41, 5.74) is 7.37. The van der Waals surface area contributed by atoms with Crippen LogP contribution in [0.3, 0.4) is 0 Å². The average molecular weight is 329 g/mol. The minimum atomic E-state index is -0.407. The Bertz CT molecular complexity index is 477. The highest BCUT2D eigenvalue weighted by Crippen LogP contribution is 2.24. The predicted molar refractivity (Wildman–Crippen MR) is 81.2 cm³/mol. The van der Waals surface area contributed by atoms with Crippen LogP contribution in [0.25, 0.3) is 0 Å². The summed E-state index contributed by atoms with van der Waals surface area (Å²) >= 11 is 3.34. The molecule has 0 heterocycles. The van der Waals surface area contributed by atoms with Gasteiger partial charge in [-0.3, -0.25) is 4.79 Å². The van der Waals surface area contributed by atoms with E-state index in [1.807, 2.05) is 20.8 Å². The highest BCUT2D eigenvalue weighted by molar-refractivity contribution is 9.10. The number of carbonyl (C=O) groups is 1. The van der Waals surface area contributed by atoms with E-state index in [2.05, 4.69) is 21.2 Å². The first-order chi connectivity index (χ1) is 8.83. The zero-order valence-electron chi connectivity index (χ0n) is 11.6. The Morgan fingerprint density at radius 3 is 2.68 bits per heavy atom. The number of halogens is 1. The highest BCUT2D eigenvalue weighted by Gasteiger charge is 2.25. The maximum absolute atomic E-state index is 12.4. The first kappa shape index (κ1) is 16.0. The lowest BCUT2D eigenvalue weighted by atomic mass is 9.94. The van der Waals surface area contributed by atoms with Gasteiger partial charge in [0.2, 0.25) is 0 Å². The number of hydrogen-bond donors (Lipinski definition) is 3. The number of nitrogens with one attached hydrogen (secondary N) is 1. The van der Waals surface area contributed by atoms with E-state index in [0.717, 1.165) is 16.5 Å². The van der Waals surface area contributed by atoms with Crippen LogP contribution in [0, 0.1) is 6.92 Å². The van der Waals surface area contributed by atoms with E-state index in [0.29, 0.717) is 17.7 Å². The molecule has 106 valence electrons. The topological polar surface area (TPSA) is 75.3 Å². The lowest BCUT2D eigenvalue weighted by Gasteiger charge is -2.29. The van der Waals surface area contributed by atoms with E-state index in [1.165, 1.54) is 0 Å². The molecule has 1 aromatic carbocycles. The first-order valence-corrected chi connectivity index (χ1v) is 7.11. The predicted octanol–water partition coefficient (Wildman–Crippen LogP) is 2.62. The van der Waals surface area contributed by atoms with Gasteiger partial charge in [-0.1, -0.05) is 22.9 Å². The third-order valence-corrected chi connectivity index (χ3v) is 3.97. The standard InChI is InChI=1S/C14H21BrN2O2/c1-4-14(3,5-6-18)17-13(19)11-7-10(15)8-12(16)9(11)2/h7-8,18H,4-6,16H2,1-3H3,(H,17,19). The Morgan fingerprint density at radius 2 is 2.16 bits per heavy atom. The molecule has 19 heavy (non-hydrogen) atoms. The molecule has 0 bridgehead atoms. The number of hydrogen-bond acceptors (Lipinski definition) is 3. The molecule has 1 aromatic rings. The fourth-order valence-electron chi connectivity index (χ4n) is 1.85. The van der Waals surface area contributed by atoms with Crippen molar-refractivity contribution in [3.05, 3.63) is 27.7 Å². The van der Waals surface area contributed by atoms with Crippen molar-refractivity contribution in [2.45, 2.75) is 39.2 Å². The van der Waals surface area contributed by atoms with Crippen molar-refractivity contribution in [3.63, 3.8) is 0 Å². The fourth-order valence-corrected chi connectivity index (χ4v) is 2.33. The molecule has 4 nitrogen and oxygen atoms in total. The number of benzene rings is 1. The van der Waals surface area contributed by atoms with Crippen molar-refractivity contribution in [2.75, 3.05) is 12.3 Å². The van der Waals surface area contributed by atoms with Crippen LogP contribution in [-0.4, -0.2) is 23.2 Å². The van der Waals surface area contributed by atoms with Crippen molar-refractivity contribution in [1.29, 1.82) is 0 Å². The Kier molecular flexibility index (Phi) is 5.38. The minimum absolute atomic E-state index is 0.0459. The molecule has 0 radical (unpaired) electrons. The minimum Gasteiger partial charge on any atom is -0.398 e. The summed E-state index contributed by atoms with van der Waals surface area (Å²) in [6.07, 6.45) is 1.28. The Labute approximate surface area is 122 Å². The number of rotatable bonds is 5. The van der Waals surface area contributed by atoms with Gasteiger partial charge in [0, 0.05) is 27.9 Å². The summed E-state index contributed by atoms with van der Waals surface area (Å²) in [5.74, 6) is -0.164. The second-order valence-electron chi connectivity index (χ2n) is 5.01. The van der Waals surface area contributed by atoms with Crippen LogP contribution >= 0.6 is 15.9 Å². The lowest BCUT2D eigenvalue weighted by molar-refractivity contribution is 0.0885. The molecule has 1 rings (SSSR count). The molecule has 0 spiro atoms. The van der Waals surface area contributed by atoms with Gasteiger partial charge >= 0.3 is 0 Å². The Morgan fingerprint density at radius 1 is 1.53 bits per heavy atom. The number of nitrogens with two attached hydrogens (primary N) is 1. The van der Waals surface area contributed by atoms with E-state index in [9.17, 15) is 4.79 Å². The van der Waals surface area contributed by atoms with Gasteiger partial charge < -0.3 is 16.2 Å². The number of carbonyl (C=O) groups excluding carboxylic acids is 1. The summed E-state index contributed by atoms with van der Waals surface area (Å²) in [4.78, 5) is 12.4. The smallest absolute Gasteiger partial charge is 0.252 e. The number of amides is 1. The molecule has 0 aromatic heterocycles. The van der Waals surface area contributed by atoms with Crippen LogP contribution in [0.2, 0.25) is 0 Å². The molecule has 4 N–H and O–H groups in total. The first-order valence-electron chi connectivity index (χ1n) is 6.32. The van der Waals surface area contributed by atoms with Crippen molar-refractivity contribution >= 4 is 27.5 Å². The van der Waals surface area contributed by atoms with E-state index in [4.69, 9.17) is 10.8 Å². The van der Waals surface area contributed by atoms with Crippen molar-refractivity contribution in [1.82, 2.24) is 5.32 Å². The van der Waals surface area contributed by atoms with E-state index in [1.54, 1.807) is 12.1 Å². The fraction of sp³-hybridized carbons (Fsp3) is 0.500. The van der Waals surface area contributed by atoms with Crippen LogP contribution in [0.5, 0.6) is 0 Å². The summed E-state index contributed by atoms with van der Waals surface area (Å²) in [5, 5.41) is 12.1. The molecule has 1 atom stereocenters. The second kappa shape index (κ2) is 6.39. The lowest BCUT2D eigenvalue weighted by Crippen LogP contribution is -2.46. The van der Waals surface area contributed by atoms with Crippen LogP contribution in [0.15, 0.2) is 16.6 Å². The van der Waals surface area contributed by atoms with Crippen LogP contribution < -0.4 is 11.1 Å². The third kappa shape index (κ3) is 3.94. The van der Waals surface area contributed by atoms with E-state index in [-0.39, 0.29) is 12.5 Å². The molecule has 0 saturated carbocycles. The number of aliphatic hydroxyl groups excluding tert-OH is 1. The van der Waals surface area contributed by atoms with E-state index < -0.39 is 5.54 Å². The zero-order valence-corrected chi connectivity index (χ0v) is 13.2. The van der Waals surface area contributed by atoms with Gasteiger partial charge in [0.15, 0.2) is 0 Å². The van der Waals surface area contributed by atoms with Crippen molar-refractivity contribution in [2.24, 2.45) is 0 Å². The molecule has 1 amide bonds. The molecule has 0 fully saturated rings. The largest absolute Gasteiger partial charge is 0.398 e. The highest BCUT2D eigenvalue weighted by atomic mass is 79.9. The Balaban J connectivity index is 3.01. The van der Waals surface area contributed by atoms with Crippen molar-refractivity contribution in [3.8, 4) is 0 Å². The zero-order chi connectivity index (χ0) is 14.6. The van der Waals surface area contributed by atoms with Gasteiger partial charge in [-0.25, -0.2) is 0 Å². The van der Waals surface area contributed by atoms with Gasteiger partial charge in [0.1, 0.15) is 0 Å². The normalized spacial score (nSPS) is 13.9. The molecular weight excluding hydrogens is 308 g/mol. The molecule has 0 aliphatic rings. The Hall–Kier alpha value is -1.07. The van der Waals surface area contributed by atoms with Gasteiger partial charge in [-0.2, -0.15) is 0 Å². The molecule has 5 heteroatoms. The third-order valence-electron chi connectivity index (χ3n) is 3.52. The SMILES string of the molecule is CCC(C)(CCO)NC(=O)c1cc(Br)cc(N)c1C. The number of nitrogen functional groups attached to an aromatic ring is 1. The van der Waals surface area contributed by atoms with Crippen molar-refractivity contribution < 1.29 is 9.90 Å². The molecule has 0 aliphatic heterocycles. The molecule has 0 aliphatic carbocycles. The summed E-state index contributed by atoms with van der Waals surface area (Å²) < 4.78 is 0.779. The number of anilines is 1. The average Bonchev–Trinajstić information content (AvgIpc) is 2.33. The summed E-state index contributed by atoms with van der Waals surface area (Å²) in [6.45, 7) is 5.78. The van der Waals surface area contributed by atoms with Gasteiger partial charge in [0.25, 0.3) is 5.91 Å². The van der Waals surface area contributed by atoms with Crippen LogP contribution in [0.4, 0.5) is 5.69 Å². The molecule has 1 unspecified atom stereocenters. The quantitative estimate of drug-likeness (QED) is 0.727. The van der Waals surface area contributed by atoms with Crippen LogP contribution in [-0.2, 0) is 0 Å².